The molecule has 3 aromatic rings. The zero-order valence-electron chi connectivity index (χ0n) is 10.2. The number of methoxy groups -OCH3 is 1. The fraction of sp³-hybridized carbons (Fsp3) is 0.0667. The SMILES string of the molecule is C=C(N)n1c2ccccc2c2ccc(OC)cc21. The van der Waals surface area contributed by atoms with Crippen molar-refractivity contribution in [3.8, 4) is 5.75 Å². The molecule has 0 saturated heterocycles. The van der Waals surface area contributed by atoms with Crippen molar-refractivity contribution in [1.82, 2.24) is 4.57 Å². The Balaban J connectivity index is 2.54. The Morgan fingerprint density at radius 2 is 1.83 bits per heavy atom. The van der Waals surface area contributed by atoms with Gasteiger partial charge in [0.15, 0.2) is 0 Å². The number of nitrogens with two attached hydrogens (primary N) is 1. The number of benzene rings is 2. The lowest BCUT2D eigenvalue weighted by molar-refractivity contribution is 0.415. The van der Waals surface area contributed by atoms with Crippen LogP contribution in [0.15, 0.2) is 49.0 Å². The monoisotopic (exact) mass is 238 g/mol. The highest BCUT2D eigenvalue weighted by atomic mass is 16.5. The first-order valence-corrected chi connectivity index (χ1v) is 5.74. The van der Waals surface area contributed by atoms with Gasteiger partial charge in [-0.25, -0.2) is 0 Å². The minimum Gasteiger partial charge on any atom is -0.497 e. The Morgan fingerprint density at radius 3 is 2.56 bits per heavy atom. The number of para-hydroxylation sites is 1. The van der Waals surface area contributed by atoms with Crippen LogP contribution in [0, 0.1) is 0 Å². The Labute approximate surface area is 105 Å². The highest BCUT2D eigenvalue weighted by Gasteiger charge is 2.11. The first-order valence-electron chi connectivity index (χ1n) is 5.74. The largest absolute Gasteiger partial charge is 0.497 e. The summed E-state index contributed by atoms with van der Waals surface area (Å²) in [6, 6.07) is 14.1. The van der Waals surface area contributed by atoms with Gasteiger partial charge in [-0.3, -0.25) is 4.57 Å². The van der Waals surface area contributed by atoms with Gasteiger partial charge in [0.25, 0.3) is 0 Å². The van der Waals surface area contributed by atoms with Gasteiger partial charge in [0, 0.05) is 16.8 Å². The van der Waals surface area contributed by atoms with E-state index in [2.05, 4.69) is 18.7 Å². The Morgan fingerprint density at radius 1 is 1.11 bits per heavy atom. The van der Waals surface area contributed by atoms with Crippen LogP contribution < -0.4 is 10.5 Å². The maximum atomic E-state index is 5.91. The summed E-state index contributed by atoms with van der Waals surface area (Å²) in [5.74, 6) is 1.32. The van der Waals surface area contributed by atoms with Gasteiger partial charge in [0.2, 0.25) is 0 Å². The van der Waals surface area contributed by atoms with Gasteiger partial charge < -0.3 is 10.5 Å². The van der Waals surface area contributed by atoms with E-state index in [1.54, 1.807) is 7.11 Å². The van der Waals surface area contributed by atoms with E-state index in [9.17, 15) is 0 Å². The first-order chi connectivity index (χ1) is 8.72. The highest BCUT2D eigenvalue weighted by Crippen LogP contribution is 2.32. The molecule has 3 heteroatoms. The van der Waals surface area contributed by atoms with E-state index in [4.69, 9.17) is 10.5 Å². The number of ether oxygens (including phenoxy) is 1. The van der Waals surface area contributed by atoms with Crippen LogP contribution in [0.1, 0.15) is 0 Å². The quantitative estimate of drug-likeness (QED) is 0.744. The molecule has 90 valence electrons. The van der Waals surface area contributed by atoms with Crippen LogP contribution in [0.2, 0.25) is 0 Å². The zero-order valence-corrected chi connectivity index (χ0v) is 10.2. The number of rotatable bonds is 2. The average molecular weight is 238 g/mol. The van der Waals surface area contributed by atoms with Crippen LogP contribution in [0.25, 0.3) is 27.6 Å². The van der Waals surface area contributed by atoms with Crippen molar-refractivity contribution in [3.05, 3.63) is 49.0 Å². The predicted octanol–water partition coefficient (Wildman–Crippen LogP) is 3.19. The molecule has 0 unspecified atom stereocenters. The molecule has 1 heterocycles. The van der Waals surface area contributed by atoms with Crippen molar-refractivity contribution < 1.29 is 4.74 Å². The molecule has 0 amide bonds. The van der Waals surface area contributed by atoms with E-state index in [1.165, 1.54) is 5.39 Å². The normalized spacial score (nSPS) is 10.9. The summed E-state index contributed by atoms with van der Waals surface area (Å²) in [6.45, 7) is 3.85. The minimum absolute atomic E-state index is 0.509. The van der Waals surface area contributed by atoms with Crippen molar-refractivity contribution in [1.29, 1.82) is 0 Å². The van der Waals surface area contributed by atoms with E-state index in [-0.39, 0.29) is 0 Å². The van der Waals surface area contributed by atoms with Crippen LogP contribution in [-0.2, 0) is 0 Å². The molecule has 0 radical (unpaired) electrons. The molecule has 0 aliphatic carbocycles. The summed E-state index contributed by atoms with van der Waals surface area (Å²) >= 11 is 0. The first kappa shape index (κ1) is 10.7. The van der Waals surface area contributed by atoms with Gasteiger partial charge in [-0.05, 0) is 18.2 Å². The third-order valence-electron chi connectivity index (χ3n) is 3.17. The van der Waals surface area contributed by atoms with Crippen molar-refractivity contribution in [3.63, 3.8) is 0 Å². The lowest BCUT2D eigenvalue weighted by Gasteiger charge is -2.06. The lowest BCUT2D eigenvalue weighted by Crippen LogP contribution is -2.03. The van der Waals surface area contributed by atoms with Crippen molar-refractivity contribution >= 4 is 27.6 Å². The van der Waals surface area contributed by atoms with Gasteiger partial charge in [0.1, 0.15) is 11.6 Å². The average Bonchev–Trinajstić information content (AvgIpc) is 2.72. The van der Waals surface area contributed by atoms with Crippen LogP contribution in [-0.4, -0.2) is 11.7 Å². The number of hydrogen-bond donors (Lipinski definition) is 1. The number of hydrogen-bond acceptors (Lipinski definition) is 2. The molecule has 2 N–H and O–H groups in total. The molecular weight excluding hydrogens is 224 g/mol. The Kier molecular flexibility index (Phi) is 2.27. The maximum absolute atomic E-state index is 5.91. The van der Waals surface area contributed by atoms with E-state index < -0.39 is 0 Å². The standard InChI is InChI=1S/C15H14N2O/c1-10(16)17-14-6-4-3-5-12(14)13-8-7-11(18-2)9-15(13)17/h3-9H,1,16H2,2H3. The molecule has 0 aliphatic heterocycles. The molecule has 3 rings (SSSR count). The van der Waals surface area contributed by atoms with Gasteiger partial charge in [-0.2, -0.15) is 0 Å². The molecule has 2 aromatic carbocycles. The molecule has 3 nitrogen and oxygen atoms in total. The van der Waals surface area contributed by atoms with Crippen molar-refractivity contribution in [2.75, 3.05) is 7.11 Å². The molecule has 0 aliphatic rings. The number of fused-ring (bicyclic) bond motifs is 3. The van der Waals surface area contributed by atoms with Crippen LogP contribution >= 0.6 is 0 Å². The number of nitrogens with zero attached hydrogens (tertiary/aromatic N) is 1. The molecule has 1 aromatic heterocycles. The second kappa shape index (κ2) is 3.81. The predicted molar refractivity (Wildman–Crippen MR) is 75.5 cm³/mol. The number of aromatic nitrogens is 1. The van der Waals surface area contributed by atoms with Gasteiger partial charge in [0.05, 0.1) is 18.1 Å². The second-order valence-electron chi connectivity index (χ2n) is 4.23. The van der Waals surface area contributed by atoms with E-state index in [0.29, 0.717) is 5.82 Å². The van der Waals surface area contributed by atoms with Crippen LogP contribution in [0.3, 0.4) is 0 Å². The highest BCUT2D eigenvalue weighted by molar-refractivity contribution is 6.10. The summed E-state index contributed by atoms with van der Waals surface area (Å²) in [6.07, 6.45) is 0. The molecule has 0 spiro atoms. The maximum Gasteiger partial charge on any atom is 0.120 e. The second-order valence-corrected chi connectivity index (χ2v) is 4.23. The minimum atomic E-state index is 0.509. The third kappa shape index (κ3) is 1.37. The van der Waals surface area contributed by atoms with Crippen LogP contribution in [0.5, 0.6) is 5.75 Å². The summed E-state index contributed by atoms with van der Waals surface area (Å²) in [7, 11) is 1.66. The molecule has 0 bridgehead atoms. The van der Waals surface area contributed by atoms with Crippen molar-refractivity contribution in [2.45, 2.75) is 0 Å². The molecule has 0 atom stereocenters. The Hall–Kier alpha value is -2.42. The topological polar surface area (TPSA) is 40.2 Å². The van der Waals surface area contributed by atoms with Gasteiger partial charge in [-0.1, -0.05) is 24.8 Å². The summed E-state index contributed by atoms with van der Waals surface area (Å²) in [4.78, 5) is 0. The van der Waals surface area contributed by atoms with E-state index >= 15 is 0 Å². The smallest absolute Gasteiger partial charge is 0.120 e. The third-order valence-corrected chi connectivity index (χ3v) is 3.17. The van der Waals surface area contributed by atoms with E-state index in [1.807, 2.05) is 34.9 Å². The van der Waals surface area contributed by atoms with E-state index in [0.717, 1.165) is 22.2 Å². The summed E-state index contributed by atoms with van der Waals surface area (Å²) in [5.41, 5.74) is 7.99. The molecule has 18 heavy (non-hydrogen) atoms. The lowest BCUT2D eigenvalue weighted by atomic mass is 10.1. The van der Waals surface area contributed by atoms with Gasteiger partial charge in [-0.15, -0.1) is 0 Å². The molecule has 0 fully saturated rings. The molecule has 0 saturated carbocycles. The zero-order chi connectivity index (χ0) is 12.7. The van der Waals surface area contributed by atoms with Crippen molar-refractivity contribution in [2.24, 2.45) is 5.73 Å². The van der Waals surface area contributed by atoms with Crippen LogP contribution in [0.4, 0.5) is 0 Å². The summed E-state index contributed by atoms with van der Waals surface area (Å²) in [5, 5.41) is 2.32. The Bertz CT molecular complexity index is 756. The van der Waals surface area contributed by atoms with Gasteiger partial charge >= 0.3 is 0 Å². The molecular formula is C15H14N2O. The fourth-order valence-electron chi connectivity index (χ4n) is 2.39. The fourth-order valence-corrected chi connectivity index (χ4v) is 2.39. The summed E-state index contributed by atoms with van der Waals surface area (Å²) < 4.78 is 7.22.